The molecule has 460 valence electrons. The molecule has 0 heterocycles. The first-order valence-corrected chi connectivity index (χ1v) is 33.7. The van der Waals surface area contributed by atoms with Crippen LogP contribution in [-0.2, 0) is 28.6 Å². The van der Waals surface area contributed by atoms with Crippen LogP contribution in [0.25, 0.3) is 0 Å². The summed E-state index contributed by atoms with van der Waals surface area (Å²) in [6.45, 7) is 6.27. The van der Waals surface area contributed by atoms with Crippen molar-refractivity contribution in [2.24, 2.45) is 0 Å². The Kier molecular flexibility index (Phi) is 64.3. The predicted octanol–water partition coefficient (Wildman–Crippen LogP) is 23.3. The molecule has 6 heteroatoms. The van der Waals surface area contributed by atoms with Gasteiger partial charge in [0.1, 0.15) is 13.2 Å². The monoisotopic (exact) mass is 1120 g/mol. The predicted molar refractivity (Wildman–Crippen MR) is 353 cm³/mol. The van der Waals surface area contributed by atoms with Gasteiger partial charge in [-0.15, -0.1) is 0 Å². The van der Waals surface area contributed by atoms with Crippen LogP contribution in [0.15, 0.2) is 134 Å². The summed E-state index contributed by atoms with van der Waals surface area (Å²) >= 11 is 0. The van der Waals surface area contributed by atoms with E-state index in [9.17, 15) is 14.4 Å². The minimum absolute atomic E-state index is 0.0949. The van der Waals surface area contributed by atoms with Crippen LogP contribution >= 0.6 is 0 Å². The Morgan fingerprint density at radius 2 is 0.444 bits per heavy atom. The zero-order valence-corrected chi connectivity index (χ0v) is 52.8. The molecule has 0 bridgehead atoms. The average Bonchev–Trinajstić information content (AvgIpc) is 3.46. The number of hydrogen-bond donors (Lipinski definition) is 0. The Labute approximate surface area is 500 Å². The van der Waals surface area contributed by atoms with Crippen LogP contribution in [0.3, 0.4) is 0 Å². The average molecular weight is 1120 g/mol. The topological polar surface area (TPSA) is 78.9 Å². The van der Waals surface area contributed by atoms with Crippen LogP contribution in [-0.4, -0.2) is 37.2 Å². The quantitative estimate of drug-likeness (QED) is 0.0261. The zero-order valence-electron chi connectivity index (χ0n) is 52.8. The molecule has 0 amide bonds. The van der Waals surface area contributed by atoms with Gasteiger partial charge in [-0.2, -0.15) is 0 Å². The third-order valence-corrected chi connectivity index (χ3v) is 14.1. The van der Waals surface area contributed by atoms with Gasteiger partial charge in [-0.1, -0.05) is 289 Å². The van der Waals surface area contributed by atoms with Crippen molar-refractivity contribution < 1.29 is 28.6 Å². The van der Waals surface area contributed by atoms with Gasteiger partial charge in [0.15, 0.2) is 6.10 Å². The van der Waals surface area contributed by atoms with E-state index in [0.717, 1.165) is 154 Å². The number of hydrogen-bond acceptors (Lipinski definition) is 6. The van der Waals surface area contributed by atoms with Crippen molar-refractivity contribution in [3.8, 4) is 0 Å². The zero-order chi connectivity index (χ0) is 58.5. The molecule has 0 saturated carbocycles. The molecule has 0 radical (unpaired) electrons. The van der Waals surface area contributed by atoms with Gasteiger partial charge in [-0.05, 0) is 128 Å². The smallest absolute Gasteiger partial charge is 0.306 e. The van der Waals surface area contributed by atoms with Gasteiger partial charge in [0, 0.05) is 19.3 Å². The summed E-state index contributed by atoms with van der Waals surface area (Å²) in [4.78, 5) is 38.3. The Hall–Kier alpha value is -4.45. The van der Waals surface area contributed by atoms with E-state index in [1.54, 1.807) is 0 Å². The fourth-order valence-electron chi connectivity index (χ4n) is 9.21. The van der Waals surface area contributed by atoms with Gasteiger partial charge < -0.3 is 14.2 Å². The van der Waals surface area contributed by atoms with Crippen molar-refractivity contribution in [2.75, 3.05) is 13.2 Å². The first kappa shape index (κ1) is 76.5. The van der Waals surface area contributed by atoms with Gasteiger partial charge in [0.05, 0.1) is 0 Å². The van der Waals surface area contributed by atoms with Crippen LogP contribution in [0.4, 0.5) is 0 Å². The number of ether oxygens (including phenoxy) is 3. The number of carbonyl (C=O) groups excluding carboxylic acids is 3. The van der Waals surface area contributed by atoms with Crippen molar-refractivity contribution in [2.45, 2.75) is 309 Å². The first-order valence-electron chi connectivity index (χ1n) is 33.7. The summed E-state index contributed by atoms with van der Waals surface area (Å²) in [5, 5.41) is 0. The summed E-state index contributed by atoms with van der Waals surface area (Å²) in [6, 6.07) is 0. The maximum atomic E-state index is 12.9. The molecule has 0 rings (SSSR count). The molecule has 0 aliphatic rings. The molecule has 0 saturated heterocycles. The summed E-state index contributed by atoms with van der Waals surface area (Å²) in [6.07, 6.45) is 96.4. The number of carbonyl (C=O) groups is 3. The second kappa shape index (κ2) is 68.1. The Bertz CT molecular complexity index is 1720. The molecule has 0 aliphatic carbocycles. The summed E-state index contributed by atoms with van der Waals surface area (Å²) in [5.74, 6) is -0.937. The van der Waals surface area contributed by atoms with E-state index in [1.807, 2.05) is 0 Å². The lowest BCUT2D eigenvalue weighted by Crippen LogP contribution is -2.30. The molecule has 6 nitrogen and oxygen atoms in total. The van der Waals surface area contributed by atoms with E-state index in [2.05, 4.69) is 154 Å². The number of allylic oxidation sites excluding steroid dienone is 22. The lowest BCUT2D eigenvalue weighted by atomic mass is 10.0. The van der Waals surface area contributed by atoms with Crippen LogP contribution in [0.5, 0.6) is 0 Å². The highest BCUT2D eigenvalue weighted by Crippen LogP contribution is 2.17. The summed E-state index contributed by atoms with van der Waals surface area (Å²) in [7, 11) is 0. The number of esters is 3. The number of unbranched alkanes of at least 4 members (excludes halogenated alkanes) is 27. The Morgan fingerprint density at radius 3 is 0.704 bits per heavy atom. The molecule has 0 aromatic heterocycles. The Balaban J connectivity index is 4.15. The molecule has 0 spiro atoms. The second-order valence-corrected chi connectivity index (χ2v) is 21.9. The minimum atomic E-state index is -0.802. The molecule has 81 heavy (non-hydrogen) atoms. The van der Waals surface area contributed by atoms with Gasteiger partial charge in [0.25, 0.3) is 0 Å². The maximum Gasteiger partial charge on any atom is 0.306 e. The van der Waals surface area contributed by atoms with Crippen molar-refractivity contribution in [1.82, 2.24) is 0 Å². The molecule has 0 aromatic rings. The molecular formula is C75H124O6. The van der Waals surface area contributed by atoms with E-state index >= 15 is 0 Å². The molecule has 0 N–H and O–H groups in total. The van der Waals surface area contributed by atoms with Gasteiger partial charge in [0.2, 0.25) is 0 Å². The van der Waals surface area contributed by atoms with Crippen molar-refractivity contribution in [3.63, 3.8) is 0 Å². The van der Waals surface area contributed by atoms with E-state index in [0.29, 0.717) is 19.3 Å². The summed E-state index contributed by atoms with van der Waals surface area (Å²) < 4.78 is 16.9. The first-order chi connectivity index (χ1) is 40.0. The summed E-state index contributed by atoms with van der Waals surface area (Å²) in [5.41, 5.74) is 0. The normalized spacial score (nSPS) is 13.0. The molecular weight excluding hydrogens is 997 g/mol. The minimum Gasteiger partial charge on any atom is -0.462 e. The van der Waals surface area contributed by atoms with Crippen molar-refractivity contribution in [3.05, 3.63) is 134 Å². The van der Waals surface area contributed by atoms with E-state index < -0.39 is 6.10 Å². The highest BCUT2D eigenvalue weighted by atomic mass is 16.6. The van der Waals surface area contributed by atoms with Gasteiger partial charge >= 0.3 is 17.9 Å². The molecule has 1 atom stereocenters. The van der Waals surface area contributed by atoms with Crippen molar-refractivity contribution in [1.29, 1.82) is 0 Å². The van der Waals surface area contributed by atoms with E-state index in [1.165, 1.54) is 109 Å². The highest BCUT2D eigenvalue weighted by molar-refractivity contribution is 5.71. The van der Waals surface area contributed by atoms with E-state index in [4.69, 9.17) is 14.2 Å². The lowest BCUT2D eigenvalue weighted by molar-refractivity contribution is -0.167. The lowest BCUT2D eigenvalue weighted by Gasteiger charge is -2.18. The third-order valence-electron chi connectivity index (χ3n) is 14.1. The fourth-order valence-corrected chi connectivity index (χ4v) is 9.21. The van der Waals surface area contributed by atoms with Crippen LogP contribution in [0.2, 0.25) is 0 Å². The van der Waals surface area contributed by atoms with Crippen LogP contribution in [0, 0.1) is 0 Å². The second-order valence-electron chi connectivity index (χ2n) is 21.9. The number of rotatable bonds is 60. The standard InChI is InChI=1S/C75H124O6/c1-4-7-10-13-16-19-22-25-27-28-29-30-31-32-33-34-35-36-37-38-39-40-41-42-43-44-45-46-48-50-53-56-59-62-65-68-74(77)80-71-72(70-79-73(76)67-64-61-58-55-52-49-24-21-18-15-12-9-6-3)81-75(78)69-66-63-60-57-54-51-47-26-23-20-17-14-11-8-5-2/h7-12,16-21,25-27,29-30,32-33,47,49,52,72H,4-6,13-15,22-24,28,31,34-46,48,50-51,53-71H2,1-3H3/b10-7-,11-8-,12-9-,19-16-,20-17-,21-18-,27-25-,30-29-,33-32-,47-26-,52-49-. The molecule has 0 aliphatic heterocycles. The SMILES string of the molecule is CC/C=C\C/C=C\C/C=C\C/C=C\C/C=C\CCCCCCCCCCCCCCCCCCCCCC(=O)OCC(COC(=O)CCCCC/C=C\C/C=C\C/C=C\CC)OC(=O)CCCCCCC/C=C\C/C=C\C/C=C\CC. The van der Waals surface area contributed by atoms with Crippen LogP contribution < -0.4 is 0 Å². The Morgan fingerprint density at radius 1 is 0.247 bits per heavy atom. The molecule has 0 fully saturated rings. The van der Waals surface area contributed by atoms with Crippen LogP contribution in [0.1, 0.15) is 303 Å². The fraction of sp³-hybridized carbons (Fsp3) is 0.667. The van der Waals surface area contributed by atoms with Crippen molar-refractivity contribution >= 4 is 17.9 Å². The highest BCUT2D eigenvalue weighted by Gasteiger charge is 2.19. The maximum absolute atomic E-state index is 12.9. The third kappa shape index (κ3) is 66.2. The largest absolute Gasteiger partial charge is 0.462 e. The van der Waals surface area contributed by atoms with Gasteiger partial charge in [-0.3, -0.25) is 14.4 Å². The van der Waals surface area contributed by atoms with Gasteiger partial charge in [-0.25, -0.2) is 0 Å². The molecule has 1 unspecified atom stereocenters. The van der Waals surface area contributed by atoms with E-state index in [-0.39, 0.29) is 31.1 Å². The molecule has 0 aromatic carbocycles.